The lowest BCUT2D eigenvalue weighted by Gasteiger charge is -2.02. The van der Waals surface area contributed by atoms with Crippen molar-refractivity contribution < 1.29 is 4.52 Å². The van der Waals surface area contributed by atoms with E-state index in [2.05, 4.69) is 14.7 Å². The summed E-state index contributed by atoms with van der Waals surface area (Å²) >= 11 is 17.6. The van der Waals surface area contributed by atoms with Gasteiger partial charge >= 0.3 is 0 Å². The summed E-state index contributed by atoms with van der Waals surface area (Å²) in [5, 5.41) is 4.89. The van der Waals surface area contributed by atoms with E-state index in [-0.39, 0.29) is 0 Å². The van der Waals surface area contributed by atoms with Gasteiger partial charge in [0.15, 0.2) is 0 Å². The Balaban J connectivity index is 2.64. The van der Waals surface area contributed by atoms with Crippen molar-refractivity contribution in [1.82, 2.24) is 10.1 Å². The highest BCUT2D eigenvalue weighted by molar-refractivity contribution is 6.41. The summed E-state index contributed by atoms with van der Waals surface area (Å²) in [7, 11) is 0. The summed E-state index contributed by atoms with van der Waals surface area (Å²) in [5.41, 5.74) is 0.520. The smallest absolute Gasteiger partial charge is 0.214 e. The second kappa shape index (κ2) is 3.77. The Morgan fingerprint density at radius 2 is 1.71 bits per heavy atom. The summed E-state index contributed by atoms with van der Waals surface area (Å²) in [6.07, 6.45) is 1.20. The molecule has 0 unspecified atom stereocenters. The summed E-state index contributed by atoms with van der Waals surface area (Å²) < 4.78 is 4.60. The van der Waals surface area contributed by atoms with Crippen LogP contribution in [0.5, 0.6) is 0 Å². The molecular weight excluding hydrogens is 246 g/mol. The predicted octanol–water partition coefficient (Wildman–Crippen LogP) is 3.70. The molecule has 1 aromatic carbocycles. The maximum absolute atomic E-state index is 5.94. The van der Waals surface area contributed by atoms with E-state index in [1.54, 1.807) is 12.1 Å². The Morgan fingerprint density at radius 1 is 1.07 bits per heavy atom. The Hall–Kier alpha value is -0.770. The van der Waals surface area contributed by atoms with E-state index >= 15 is 0 Å². The molecule has 0 bridgehead atoms. The van der Waals surface area contributed by atoms with Gasteiger partial charge in [-0.05, 0) is 12.1 Å². The third kappa shape index (κ3) is 1.71. The fraction of sp³-hybridized carbons (Fsp3) is 0. The first-order valence-electron chi connectivity index (χ1n) is 3.60. The minimum Gasteiger partial charge on any atom is -0.342 e. The van der Waals surface area contributed by atoms with Crippen LogP contribution >= 0.6 is 34.8 Å². The molecule has 0 aliphatic carbocycles. The number of benzene rings is 1. The number of hydrogen-bond acceptors (Lipinski definition) is 3. The van der Waals surface area contributed by atoms with Crippen molar-refractivity contribution in [2.75, 3.05) is 0 Å². The van der Waals surface area contributed by atoms with Crippen LogP contribution in [0.15, 0.2) is 23.0 Å². The van der Waals surface area contributed by atoms with E-state index in [1.165, 1.54) is 6.39 Å². The molecule has 72 valence electrons. The second-order valence-corrected chi connectivity index (χ2v) is 3.75. The maximum Gasteiger partial charge on any atom is 0.214 e. The Bertz CT molecular complexity index is 433. The highest BCUT2D eigenvalue weighted by atomic mass is 35.5. The predicted molar refractivity (Wildman–Crippen MR) is 54.8 cm³/mol. The number of halogens is 3. The van der Waals surface area contributed by atoms with Gasteiger partial charge in [-0.15, -0.1) is 0 Å². The quantitative estimate of drug-likeness (QED) is 0.773. The van der Waals surface area contributed by atoms with Crippen molar-refractivity contribution >= 4 is 34.8 Å². The summed E-state index contributed by atoms with van der Waals surface area (Å²) in [6, 6.07) is 3.14. The Morgan fingerprint density at radius 3 is 2.21 bits per heavy atom. The summed E-state index contributed by atoms with van der Waals surface area (Å²) in [6.45, 7) is 0. The molecule has 14 heavy (non-hydrogen) atoms. The van der Waals surface area contributed by atoms with Crippen LogP contribution in [0.1, 0.15) is 0 Å². The minimum atomic E-state index is 0.344. The lowest BCUT2D eigenvalue weighted by Crippen LogP contribution is -1.84. The highest BCUT2D eigenvalue weighted by Gasteiger charge is 2.13. The number of hydrogen-bond donors (Lipinski definition) is 0. The summed E-state index contributed by atoms with van der Waals surface area (Å²) in [4.78, 5) is 3.85. The van der Waals surface area contributed by atoms with E-state index in [0.717, 1.165) is 0 Å². The molecule has 0 fully saturated rings. The molecule has 0 spiro atoms. The average Bonchev–Trinajstić information content (AvgIpc) is 2.54. The number of aromatic nitrogens is 2. The largest absolute Gasteiger partial charge is 0.342 e. The van der Waals surface area contributed by atoms with Crippen molar-refractivity contribution in [3.05, 3.63) is 33.6 Å². The van der Waals surface area contributed by atoms with Gasteiger partial charge in [-0.3, -0.25) is 0 Å². The molecule has 0 N–H and O–H groups in total. The van der Waals surface area contributed by atoms with Gasteiger partial charge in [0, 0.05) is 5.02 Å². The Kier molecular flexibility index (Phi) is 2.63. The SMILES string of the molecule is Clc1cc(Cl)c(-c2ncon2)c(Cl)c1. The molecule has 3 nitrogen and oxygen atoms in total. The molecule has 0 amide bonds. The summed E-state index contributed by atoms with van der Waals surface area (Å²) in [5.74, 6) is 0.344. The van der Waals surface area contributed by atoms with Crippen LogP contribution < -0.4 is 0 Å². The monoisotopic (exact) mass is 248 g/mol. The molecule has 0 atom stereocenters. The molecule has 1 heterocycles. The van der Waals surface area contributed by atoms with E-state index in [9.17, 15) is 0 Å². The Labute approximate surface area is 94.6 Å². The van der Waals surface area contributed by atoms with Crippen LogP contribution in [0.2, 0.25) is 15.1 Å². The van der Waals surface area contributed by atoms with Crippen LogP contribution in [0.25, 0.3) is 11.4 Å². The first kappa shape index (κ1) is 9.77. The van der Waals surface area contributed by atoms with Crippen LogP contribution in [0.3, 0.4) is 0 Å². The normalized spacial score (nSPS) is 10.5. The minimum absolute atomic E-state index is 0.344. The van der Waals surface area contributed by atoms with Gasteiger partial charge in [0.1, 0.15) is 0 Å². The molecule has 0 radical (unpaired) electrons. The topological polar surface area (TPSA) is 38.9 Å². The maximum atomic E-state index is 5.94. The average molecular weight is 249 g/mol. The van der Waals surface area contributed by atoms with Crippen molar-refractivity contribution in [2.45, 2.75) is 0 Å². The van der Waals surface area contributed by atoms with Crippen LogP contribution in [-0.4, -0.2) is 10.1 Å². The lowest BCUT2D eigenvalue weighted by atomic mass is 10.2. The van der Waals surface area contributed by atoms with Gasteiger partial charge < -0.3 is 4.52 Å². The zero-order valence-electron chi connectivity index (χ0n) is 6.67. The molecular formula is C8H3Cl3N2O. The highest BCUT2D eigenvalue weighted by Crippen LogP contribution is 2.35. The van der Waals surface area contributed by atoms with Crippen LogP contribution in [-0.2, 0) is 0 Å². The first-order chi connectivity index (χ1) is 6.68. The van der Waals surface area contributed by atoms with Gasteiger partial charge in [-0.1, -0.05) is 40.0 Å². The van der Waals surface area contributed by atoms with Crippen molar-refractivity contribution in [3.63, 3.8) is 0 Å². The van der Waals surface area contributed by atoms with Crippen molar-refractivity contribution in [3.8, 4) is 11.4 Å². The van der Waals surface area contributed by atoms with E-state index in [4.69, 9.17) is 34.8 Å². The van der Waals surface area contributed by atoms with Crippen LogP contribution in [0, 0.1) is 0 Å². The molecule has 6 heteroatoms. The first-order valence-corrected chi connectivity index (χ1v) is 4.73. The third-order valence-electron chi connectivity index (χ3n) is 1.59. The molecule has 0 aliphatic rings. The fourth-order valence-corrected chi connectivity index (χ4v) is 2.02. The van der Waals surface area contributed by atoms with Gasteiger partial charge in [-0.25, -0.2) is 0 Å². The lowest BCUT2D eigenvalue weighted by molar-refractivity contribution is 0.419. The molecule has 0 aliphatic heterocycles. The van der Waals surface area contributed by atoms with Gasteiger partial charge in [-0.2, -0.15) is 4.98 Å². The van der Waals surface area contributed by atoms with Gasteiger partial charge in [0.05, 0.1) is 15.6 Å². The molecule has 0 saturated heterocycles. The molecule has 2 aromatic rings. The molecule has 1 aromatic heterocycles. The third-order valence-corrected chi connectivity index (χ3v) is 2.41. The molecule has 0 saturated carbocycles. The fourth-order valence-electron chi connectivity index (χ4n) is 1.04. The zero-order chi connectivity index (χ0) is 10.1. The number of nitrogens with zero attached hydrogens (tertiary/aromatic N) is 2. The van der Waals surface area contributed by atoms with Gasteiger partial charge in [0.25, 0.3) is 0 Å². The van der Waals surface area contributed by atoms with E-state index in [1.807, 2.05) is 0 Å². The second-order valence-electron chi connectivity index (χ2n) is 2.50. The van der Waals surface area contributed by atoms with E-state index < -0.39 is 0 Å². The van der Waals surface area contributed by atoms with Crippen LogP contribution in [0.4, 0.5) is 0 Å². The van der Waals surface area contributed by atoms with Gasteiger partial charge in [0.2, 0.25) is 12.2 Å². The van der Waals surface area contributed by atoms with E-state index in [0.29, 0.717) is 26.5 Å². The molecule has 2 rings (SSSR count). The van der Waals surface area contributed by atoms with Crippen molar-refractivity contribution in [2.24, 2.45) is 0 Å². The number of rotatable bonds is 1. The standard InChI is InChI=1S/C8H3Cl3N2O/c9-4-1-5(10)7(6(11)2-4)8-12-3-14-13-8/h1-3H. The zero-order valence-corrected chi connectivity index (χ0v) is 8.94. The van der Waals surface area contributed by atoms with Crippen molar-refractivity contribution in [1.29, 1.82) is 0 Å².